The molecule has 0 saturated heterocycles. The summed E-state index contributed by atoms with van der Waals surface area (Å²) in [4.78, 5) is 23.8. The Hall–Kier alpha value is -3.36. The van der Waals surface area contributed by atoms with Crippen LogP contribution in [0.25, 0.3) is 0 Å². The van der Waals surface area contributed by atoms with Crippen molar-refractivity contribution in [3.63, 3.8) is 0 Å². The minimum Gasteiger partial charge on any atom is -0.326 e. The molecule has 9 heteroatoms. The van der Waals surface area contributed by atoms with E-state index < -0.39 is 10.0 Å². The summed E-state index contributed by atoms with van der Waals surface area (Å²) in [6, 6.07) is 18.8. The number of benzene rings is 3. The van der Waals surface area contributed by atoms with Gasteiger partial charge in [-0.15, -0.1) is 0 Å². The van der Waals surface area contributed by atoms with Gasteiger partial charge in [-0.1, -0.05) is 17.7 Å². The van der Waals surface area contributed by atoms with Gasteiger partial charge in [0, 0.05) is 35.9 Å². The first-order valence-corrected chi connectivity index (χ1v) is 11.0. The predicted octanol–water partition coefficient (Wildman–Crippen LogP) is 4.38. The second-order valence-electron chi connectivity index (χ2n) is 6.69. The fourth-order valence-electron chi connectivity index (χ4n) is 2.81. The minimum atomic E-state index is -3.77. The SMILES string of the molecule is CC(=O)Nc1cccc(NC(=O)c2ccc(N(C)S(=O)(=O)c3ccc(Cl)cc3)cc2)c1. The zero-order valence-corrected chi connectivity index (χ0v) is 18.4. The minimum absolute atomic E-state index is 0.111. The summed E-state index contributed by atoms with van der Waals surface area (Å²) in [5, 5.41) is 5.84. The fraction of sp³-hybridized carbons (Fsp3) is 0.0909. The highest BCUT2D eigenvalue weighted by molar-refractivity contribution is 7.92. The summed E-state index contributed by atoms with van der Waals surface area (Å²) in [7, 11) is -2.33. The molecule has 0 aliphatic heterocycles. The third kappa shape index (κ3) is 5.42. The van der Waals surface area contributed by atoms with E-state index in [9.17, 15) is 18.0 Å². The Morgan fingerprint density at radius 2 is 1.45 bits per heavy atom. The molecule has 0 aromatic heterocycles. The van der Waals surface area contributed by atoms with Crippen molar-refractivity contribution in [1.82, 2.24) is 0 Å². The maximum atomic E-state index is 12.8. The maximum absolute atomic E-state index is 12.8. The van der Waals surface area contributed by atoms with Crippen LogP contribution in [-0.4, -0.2) is 27.3 Å². The van der Waals surface area contributed by atoms with Crippen LogP contribution >= 0.6 is 11.6 Å². The van der Waals surface area contributed by atoms with Gasteiger partial charge in [0.05, 0.1) is 10.6 Å². The highest BCUT2D eigenvalue weighted by Crippen LogP contribution is 2.24. The molecule has 0 aliphatic rings. The fourth-order valence-corrected chi connectivity index (χ4v) is 4.13. The summed E-state index contributed by atoms with van der Waals surface area (Å²) in [6.45, 7) is 1.40. The van der Waals surface area contributed by atoms with Gasteiger partial charge in [0.1, 0.15) is 0 Å². The van der Waals surface area contributed by atoms with Crippen LogP contribution in [0.4, 0.5) is 17.1 Å². The molecule has 0 unspecified atom stereocenters. The van der Waals surface area contributed by atoms with Crippen LogP contribution in [0.15, 0.2) is 77.7 Å². The zero-order chi connectivity index (χ0) is 22.6. The third-order valence-corrected chi connectivity index (χ3v) is 6.46. The molecule has 0 bridgehead atoms. The summed E-state index contributed by atoms with van der Waals surface area (Å²) in [5.41, 5.74) is 1.84. The van der Waals surface area contributed by atoms with E-state index in [4.69, 9.17) is 11.6 Å². The molecule has 0 spiro atoms. The summed E-state index contributed by atoms with van der Waals surface area (Å²) < 4.78 is 26.7. The standard InChI is InChI=1S/C22H20ClN3O4S/c1-15(27)24-18-4-3-5-19(14-18)25-22(28)16-6-10-20(11-7-16)26(2)31(29,30)21-12-8-17(23)9-13-21/h3-14H,1-2H3,(H,24,27)(H,25,28). The molecule has 2 N–H and O–H groups in total. The van der Waals surface area contributed by atoms with Crippen molar-refractivity contribution in [2.24, 2.45) is 0 Å². The van der Waals surface area contributed by atoms with Gasteiger partial charge in [-0.3, -0.25) is 13.9 Å². The van der Waals surface area contributed by atoms with E-state index in [-0.39, 0.29) is 16.7 Å². The van der Waals surface area contributed by atoms with Crippen LogP contribution in [0.2, 0.25) is 5.02 Å². The molecular formula is C22H20ClN3O4S. The molecule has 3 aromatic rings. The van der Waals surface area contributed by atoms with E-state index in [1.807, 2.05) is 0 Å². The number of nitrogens with zero attached hydrogens (tertiary/aromatic N) is 1. The number of hydrogen-bond acceptors (Lipinski definition) is 4. The van der Waals surface area contributed by atoms with Crippen LogP contribution in [0.5, 0.6) is 0 Å². The van der Waals surface area contributed by atoms with Gasteiger partial charge in [0.25, 0.3) is 15.9 Å². The Bertz CT molecular complexity index is 1210. The molecule has 31 heavy (non-hydrogen) atoms. The smallest absolute Gasteiger partial charge is 0.264 e. The van der Waals surface area contributed by atoms with E-state index in [1.165, 1.54) is 50.4 Å². The molecule has 7 nitrogen and oxygen atoms in total. The number of sulfonamides is 1. The number of anilines is 3. The van der Waals surface area contributed by atoms with Crippen LogP contribution < -0.4 is 14.9 Å². The van der Waals surface area contributed by atoms with E-state index in [2.05, 4.69) is 10.6 Å². The number of nitrogens with one attached hydrogen (secondary N) is 2. The molecule has 0 saturated carbocycles. The van der Waals surface area contributed by atoms with Gasteiger partial charge >= 0.3 is 0 Å². The van der Waals surface area contributed by atoms with Crippen molar-refractivity contribution in [2.45, 2.75) is 11.8 Å². The highest BCUT2D eigenvalue weighted by atomic mass is 35.5. The normalized spacial score (nSPS) is 10.9. The van der Waals surface area contributed by atoms with Crippen molar-refractivity contribution in [1.29, 1.82) is 0 Å². The molecule has 3 aromatic carbocycles. The summed E-state index contributed by atoms with van der Waals surface area (Å²) in [5.74, 6) is -0.577. The number of halogens is 1. The van der Waals surface area contributed by atoms with Crippen molar-refractivity contribution in [3.8, 4) is 0 Å². The molecule has 0 radical (unpaired) electrons. The van der Waals surface area contributed by atoms with Gasteiger partial charge < -0.3 is 10.6 Å². The first-order chi connectivity index (χ1) is 14.7. The maximum Gasteiger partial charge on any atom is 0.264 e. The summed E-state index contributed by atoms with van der Waals surface area (Å²) in [6.07, 6.45) is 0. The Balaban J connectivity index is 1.74. The number of hydrogen-bond donors (Lipinski definition) is 2. The Morgan fingerprint density at radius 1 is 0.871 bits per heavy atom. The molecular weight excluding hydrogens is 438 g/mol. The number of rotatable bonds is 6. The van der Waals surface area contributed by atoms with Gasteiger partial charge in [-0.2, -0.15) is 0 Å². The zero-order valence-electron chi connectivity index (χ0n) is 16.8. The molecule has 2 amide bonds. The average Bonchev–Trinajstić information content (AvgIpc) is 2.73. The Labute approximate surface area is 185 Å². The lowest BCUT2D eigenvalue weighted by molar-refractivity contribution is -0.114. The van der Waals surface area contributed by atoms with E-state index in [0.717, 1.165) is 4.31 Å². The highest BCUT2D eigenvalue weighted by Gasteiger charge is 2.21. The molecule has 0 heterocycles. The van der Waals surface area contributed by atoms with Crippen LogP contribution in [0, 0.1) is 0 Å². The number of amides is 2. The lowest BCUT2D eigenvalue weighted by atomic mass is 10.2. The quantitative estimate of drug-likeness (QED) is 0.574. The number of carbonyl (C=O) groups excluding carboxylic acids is 2. The second-order valence-corrected chi connectivity index (χ2v) is 9.10. The van der Waals surface area contributed by atoms with Gasteiger partial charge in [-0.25, -0.2) is 8.42 Å². The topological polar surface area (TPSA) is 95.6 Å². The largest absolute Gasteiger partial charge is 0.326 e. The third-order valence-electron chi connectivity index (χ3n) is 4.41. The van der Waals surface area contributed by atoms with Crippen LogP contribution in [0.3, 0.4) is 0 Å². The molecule has 3 rings (SSSR count). The molecule has 0 aliphatic carbocycles. The average molecular weight is 458 g/mol. The van der Waals surface area contributed by atoms with E-state index in [1.54, 1.807) is 36.4 Å². The monoisotopic (exact) mass is 457 g/mol. The number of carbonyl (C=O) groups is 2. The van der Waals surface area contributed by atoms with Crippen LogP contribution in [-0.2, 0) is 14.8 Å². The van der Waals surface area contributed by atoms with Crippen LogP contribution in [0.1, 0.15) is 17.3 Å². The van der Waals surface area contributed by atoms with E-state index in [0.29, 0.717) is 27.6 Å². The van der Waals surface area contributed by atoms with Gasteiger partial charge in [-0.05, 0) is 66.7 Å². The van der Waals surface area contributed by atoms with Crippen molar-refractivity contribution in [3.05, 3.63) is 83.4 Å². The lowest BCUT2D eigenvalue weighted by Crippen LogP contribution is -2.26. The Morgan fingerprint density at radius 3 is 2.03 bits per heavy atom. The summed E-state index contributed by atoms with van der Waals surface area (Å²) >= 11 is 5.83. The van der Waals surface area contributed by atoms with Crippen molar-refractivity contribution >= 4 is 50.5 Å². The van der Waals surface area contributed by atoms with Gasteiger partial charge in [0.2, 0.25) is 5.91 Å². The first kappa shape index (κ1) is 22.3. The van der Waals surface area contributed by atoms with Crippen molar-refractivity contribution < 1.29 is 18.0 Å². The van der Waals surface area contributed by atoms with E-state index >= 15 is 0 Å². The first-order valence-electron chi connectivity index (χ1n) is 9.20. The van der Waals surface area contributed by atoms with Gasteiger partial charge in [0.15, 0.2) is 0 Å². The molecule has 160 valence electrons. The molecule has 0 fully saturated rings. The molecule has 0 atom stereocenters. The Kier molecular flexibility index (Phi) is 6.62. The lowest BCUT2D eigenvalue weighted by Gasteiger charge is -2.20. The van der Waals surface area contributed by atoms with Crippen molar-refractivity contribution in [2.75, 3.05) is 22.0 Å². The predicted molar refractivity (Wildman–Crippen MR) is 122 cm³/mol. The second kappa shape index (κ2) is 9.20.